The Hall–Kier alpha value is -2.17. The van der Waals surface area contributed by atoms with Gasteiger partial charge in [0.1, 0.15) is 11.4 Å². The maximum absolute atomic E-state index is 13.4. The third kappa shape index (κ3) is 3.85. The molecule has 1 aromatic carbocycles. The molecule has 0 radical (unpaired) electrons. The number of benzene rings is 1. The molecule has 2 aromatic rings. The summed E-state index contributed by atoms with van der Waals surface area (Å²) in [5.74, 6) is 0.269. The molecular weight excluding hydrogens is 397 g/mol. The highest BCUT2D eigenvalue weighted by Gasteiger charge is 2.44. The number of halogens is 3. The summed E-state index contributed by atoms with van der Waals surface area (Å²) in [6, 6.07) is 7.49. The minimum absolute atomic E-state index is 0.0700. The predicted molar refractivity (Wildman–Crippen MR) is 92.9 cm³/mol. The summed E-state index contributed by atoms with van der Waals surface area (Å²) in [6.45, 7) is 0.218. The lowest BCUT2D eigenvalue weighted by Crippen LogP contribution is -2.37. The molecular formula is C18H15F3N2O4S. The van der Waals surface area contributed by atoms with Gasteiger partial charge in [-0.05, 0) is 18.2 Å². The first-order chi connectivity index (χ1) is 13.3. The number of thioether (sulfide) groups is 1. The van der Waals surface area contributed by atoms with Crippen molar-refractivity contribution in [2.24, 2.45) is 0 Å². The molecule has 28 heavy (non-hydrogen) atoms. The van der Waals surface area contributed by atoms with Crippen LogP contribution in [0, 0.1) is 0 Å². The van der Waals surface area contributed by atoms with E-state index in [1.807, 2.05) is 0 Å². The number of carbonyl (C=O) groups excluding carboxylic acids is 1. The first-order valence-corrected chi connectivity index (χ1v) is 9.28. The van der Waals surface area contributed by atoms with Gasteiger partial charge in [0.15, 0.2) is 10.9 Å². The summed E-state index contributed by atoms with van der Waals surface area (Å²) in [4.78, 5) is 19.9. The highest BCUT2D eigenvalue weighted by atomic mass is 32.2. The van der Waals surface area contributed by atoms with E-state index in [1.54, 1.807) is 24.3 Å². The number of hydrogen-bond acceptors (Lipinski definition) is 7. The van der Waals surface area contributed by atoms with Gasteiger partial charge in [0.2, 0.25) is 6.29 Å². The van der Waals surface area contributed by atoms with Crippen LogP contribution in [0.1, 0.15) is 12.1 Å². The van der Waals surface area contributed by atoms with E-state index < -0.39 is 23.4 Å². The fourth-order valence-electron chi connectivity index (χ4n) is 3.02. The molecule has 3 heterocycles. The molecule has 148 valence electrons. The van der Waals surface area contributed by atoms with Crippen LogP contribution in [-0.2, 0) is 20.4 Å². The number of hydrogen-bond donors (Lipinski definition) is 0. The van der Waals surface area contributed by atoms with Crippen molar-refractivity contribution >= 4 is 17.5 Å². The Morgan fingerprint density at radius 1 is 1.25 bits per heavy atom. The molecule has 0 aliphatic carbocycles. The van der Waals surface area contributed by atoms with Gasteiger partial charge in [-0.1, -0.05) is 23.9 Å². The Morgan fingerprint density at radius 2 is 2.07 bits per heavy atom. The summed E-state index contributed by atoms with van der Waals surface area (Å²) in [7, 11) is 1.47. The van der Waals surface area contributed by atoms with Gasteiger partial charge in [-0.3, -0.25) is 4.79 Å². The Balaban J connectivity index is 1.69. The second-order valence-electron chi connectivity index (χ2n) is 6.32. The second kappa shape index (κ2) is 7.34. The molecule has 10 heteroatoms. The van der Waals surface area contributed by atoms with Crippen LogP contribution in [0.3, 0.4) is 0 Å². The largest absolute Gasteiger partial charge is 0.497 e. The van der Waals surface area contributed by atoms with Crippen LogP contribution < -0.4 is 4.74 Å². The maximum Gasteiger partial charge on any atom is 0.433 e. The van der Waals surface area contributed by atoms with Crippen LogP contribution in [0.15, 0.2) is 35.5 Å². The fourth-order valence-corrected chi connectivity index (χ4v) is 4.13. The topological polar surface area (TPSA) is 70.5 Å². The standard InChI is InChI=1S/C18H15F3N2O4S/c1-25-10-4-2-3-9(5-10)11-6-15(18(19,20)21)23-17(22-11)28-14-7-12(24)16-26-8-13(14)27-16/h2-6,13-14,16H,7-8H2,1H3/t13-,14+,16-/m1/s1. The van der Waals surface area contributed by atoms with Gasteiger partial charge in [-0.25, -0.2) is 9.97 Å². The zero-order valence-corrected chi connectivity index (χ0v) is 15.4. The van der Waals surface area contributed by atoms with Gasteiger partial charge >= 0.3 is 6.18 Å². The molecule has 6 nitrogen and oxygen atoms in total. The van der Waals surface area contributed by atoms with Gasteiger partial charge in [-0.2, -0.15) is 13.2 Å². The second-order valence-corrected chi connectivity index (χ2v) is 7.52. The Labute approximate surface area is 162 Å². The van der Waals surface area contributed by atoms with Crippen molar-refractivity contribution in [3.8, 4) is 17.0 Å². The average molecular weight is 412 g/mol. The van der Waals surface area contributed by atoms with Gasteiger partial charge in [0, 0.05) is 17.2 Å². The molecule has 2 aliphatic heterocycles. The van der Waals surface area contributed by atoms with Crippen molar-refractivity contribution in [2.75, 3.05) is 13.7 Å². The normalized spacial score (nSPS) is 24.4. The lowest BCUT2D eigenvalue weighted by molar-refractivity contribution is -0.151. The van der Waals surface area contributed by atoms with E-state index in [9.17, 15) is 18.0 Å². The summed E-state index contributed by atoms with van der Waals surface area (Å²) in [5, 5.41) is -0.479. The SMILES string of the molecule is COc1cccc(-c2cc(C(F)(F)F)nc(S[C@H]3CC(=O)[C@@H]4OC[C@H]3O4)n2)c1. The van der Waals surface area contributed by atoms with Crippen molar-refractivity contribution in [3.63, 3.8) is 0 Å². The zero-order valence-electron chi connectivity index (χ0n) is 14.6. The number of ether oxygens (including phenoxy) is 3. The minimum Gasteiger partial charge on any atom is -0.497 e. The number of rotatable bonds is 4. The predicted octanol–water partition coefficient (Wildman–Crippen LogP) is 3.35. The summed E-state index contributed by atoms with van der Waals surface area (Å²) < 4.78 is 55.9. The first-order valence-electron chi connectivity index (χ1n) is 8.40. The van der Waals surface area contributed by atoms with Gasteiger partial charge in [-0.15, -0.1) is 0 Å². The number of nitrogens with zero attached hydrogens (tertiary/aromatic N) is 2. The molecule has 0 amide bonds. The van der Waals surface area contributed by atoms with Crippen LogP contribution in [0.25, 0.3) is 11.3 Å². The molecule has 2 saturated heterocycles. The van der Waals surface area contributed by atoms with Gasteiger partial charge in [0.25, 0.3) is 0 Å². The average Bonchev–Trinajstić information content (AvgIpc) is 3.11. The van der Waals surface area contributed by atoms with Crippen LogP contribution in [0.5, 0.6) is 5.75 Å². The molecule has 2 fully saturated rings. The monoisotopic (exact) mass is 412 g/mol. The zero-order chi connectivity index (χ0) is 19.9. The van der Waals surface area contributed by atoms with E-state index >= 15 is 0 Å². The molecule has 1 aromatic heterocycles. The molecule has 0 unspecified atom stereocenters. The van der Waals surface area contributed by atoms with Crippen LogP contribution in [-0.4, -0.2) is 47.1 Å². The number of Topliss-reactive ketones (excluding diaryl/α,β-unsaturated/α-hetero) is 1. The molecule has 2 bridgehead atoms. The van der Waals surface area contributed by atoms with Crippen LogP contribution >= 0.6 is 11.8 Å². The van der Waals surface area contributed by atoms with Gasteiger partial charge < -0.3 is 14.2 Å². The van der Waals surface area contributed by atoms with E-state index in [2.05, 4.69) is 9.97 Å². The minimum atomic E-state index is -4.63. The van der Waals surface area contributed by atoms with E-state index in [-0.39, 0.29) is 35.8 Å². The lowest BCUT2D eigenvalue weighted by atomic mass is 10.1. The third-order valence-corrected chi connectivity index (χ3v) is 5.57. The van der Waals surface area contributed by atoms with Crippen LogP contribution in [0.2, 0.25) is 0 Å². The van der Waals surface area contributed by atoms with E-state index in [0.29, 0.717) is 11.3 Å². The molecule has 0 saturated carbocycles. The van der Waals surface area contributed by atoms with Crippen molar-refractivity contribution in [2.45, 2.75) is 35.4 Å². The molecule has 0 N–H and O–H groups in total. The Kier molecular flexibility index (Phi) is 5.02. The number of fused-ring (bicyclic) bond motifs is 2. The summed E-state index contributed by atoms with van der Waals surface area (Å²) in [6.07, 6.45) is -5.75. The molecule has 0 spiro atoms. The first kappa shape index (κ1) is 19.2. The van der Waals surface area contributed by atoms with Crippen molar-refractivity contribution in [3.05, 3.63) is 36.0 Å². The maximum atomic E-state index is 13.4. The van der Waals surface area contributed by atoms with Crippen molar-refractivity contribution < 1.29 is 32.2 Å². The van der Waals surface area contributed by atoms with E-state index in [4.69, 9.17) is 14.2 Å². The number of carbonyl (C=O) groups is 1. The highest BCUT2D eigenvalue weighted by Crippen LogP contribution is 2.38. The van der Waals surface area contributed by atoms with Gasteiger partial charge in [0.05, 0.1) is 25.5 Å². The Bertz CT molecular complexity index is 909. The van der Waals surface area contributed by atoms with E-state index in [0.717, 1.165) is 17.8 Å². The van der Waals surface area contributed by atoms with Crippen molar-refractivity contribution in [1.29, 1.82) is 0 Å². The van der Waals surface area contributed by atoms with Crippen LogP contribution in [0.4, 0.5) is 13.2 Å². The highest BCUT2D eigenvalue weighted by molar-refractivity contribution is 7.99. The number of methoxy groups -OCH3 is 1. The summed E-state index contributed by atoms with van der Waals surface area (Å²) >= 11 is 0.997. The number of alkyl halides is 3. The summed E-state index contributed by atoms with van der Waals surface area (Å²) in [5.41, 5.74) is -0.465. The smallest absolute Gasteiger partial charge is 0.433 e. The van der Waals surface area contributed by atoms with E-state index in [1.165, 1.54) is 7.11 Å². The fraction of sp³-hybridized carbons (Fsp3) is 0.389. The lowest BCUT2D eigenvalue weighted by Gasteiger charge is -2.25. The molecule has 3 atom stereocenters. The Morgan fingerprint density at radius 3 is 2.82 bits per heavy atom. The number of aromatic nitrogens is 2. The molecule has 2 aliphatic rings. The third-order valence-electron chi connectivity index (χ3n) is 4.41. The number of ketones is 1. The van der Waals surface area contributed by atoms with Crippen molar-refractivity contribution in [1.82, 2.24) is 9.97 Å². The quantitative estimate of drug-likeness (QED) is 0.714. The molecule has 4 rings (SSSR count).